The molecule has 1 nitrogen and oxygen atoms in total. The number of benzene rings is 3. The lowest BCUT2D eigenvalue weighted by atomic mass is 9.79. The molecule has 3 rings (SSSR count). The molecule has 0 aliphatic rings. The van der Waals surface area contributed by atoms with Crippen molar-refractivity contribution in [1.29, 1.82) is 0 Å². The summed E-state index contributed by atoms with van der Waals surface area (Å²) in [5.74, 6) is 1.53. The highest BCUT2D eigenvalue weighted by Crippen LogP contribution is 2.37. The molecule has 140 valence electrons. The first-order valence-electron chi connectivity index (χ1n) is 9.97. The van der Waals surface area contributed by atoms with Gasteiger partial charge in [-0.1, -0.05) is 98.8 Å². The third kappa shape index (κ3) is 5.30. The zero-order valence-electron chi connectivity index (χ0n) is 16.4. The largest absolute Gasteiger partial charge is 0.392 e. The second-order valence-corrected chi connectivity index (χ2v) is 7.69. The van der Waals surface area contributed by atoms with E-state index in [-0.39, 0.29) is 6.61 Å². The van der Waals surface area contributed by atoms with Crippen LogP contribution in [-0.4, -0.2) is 5.11 Å². The molecule has 0 spiro atoms. The van der Waals surface area contributed by atoms with E-state index in [4.69, 9.17) is 0 Å². The molecule has 0 amide bonds. The summed E-state index contributed by atoms with van der Waals surface area (Å²) in [5.41, 5.74) is 5.17. The van der Waals surface area contributed by atoms with Crippen molar-refractivity contribution >= 4 is 0 Å². The Balaban J connectivity index is 1.77. The Bertz CT molecular complexity index is 793. The number of aliphatic hydroxyl groups is 1. The van der Waals surface area contributed by atoms with Gasteiger partial charge in [0.1, 0.15) is 0 Å². The maximum absolute atomic E-state index is 9.27. The number of aliphatic hydroxyl groups excluding tert-OH is 1. The summed E-state index contributed by atoms with van der Waals surface area (Å²) in [4.78, 5) is 0. The van der Waals surface area contributed by atoms with E-state index in [0.29, 0.717) is 17.8 Å². The molecule has 0 aliphatic heterocycles. The van der Waals surface area contributed by atoms with Crippen molar-refractivity contribution in [2.24, 2.45) is 0 Å². The summed E-state index contributed by atoms with van der Waals surface area (Å²) in [5, 5.41) is 9.27. The second kappa shape index (κ2) is 9.53. The lowest BCUT2D eigenvalue weighted by molar-refractivity contribution is 0.282. The summed E-state index contributed by atoms with van der Waals surface area (Å²) in [6, 6.07) is 30.2. The van der Waals surface area contributed by atoms with E-state index in [0.717, 1.165) is 18.4 Å². The van der Waals surface area contributed by atoms with Crippen molar-refractivity contribution < 1.29 is 5.11 Å². The third-order valence-corrected chi connectivity index (χ3v) is 5.65. The molecular formula is C26H30O. The first kappa shape index (κ1) is 19.4. The van der Waals surface area contributed by atoms with Crippen LogP contribution in [0.2, 0.25) is 0 Å². The highest BCUT2D eigenvalue weighted by molar-refractivity contribution is 5.27. The lowest BCUT2D eigenvalue weighted by Gasteiger charge is -2.25. The first-order valence-corrected chi connectivity index (χ1v) is 9.97. The van der Waals surface area contributed by atoms with Crippen molar-refractivity contribution in [1.82, 2.24) is 0 Å². The molecule has 0 aliphatic carbocycles. The Labute approximate surface area is 163 Å². The van der Waals surface area contributed by atoms with Crippen LogP contribution in [0.5, 0.6) is 0 Å². The van der Waals surface area contributed by atoms with Crippen LogP contribution in [0.15, 0.2) is 84.9 Å². The average molecular weight is 359 g/mol. The van der Waals surface area contributed by atoms with Gasteiger partial charge < -0.3 is 5.11 Å². The fourth-order valence-corrected chi connectivity index (χ4v) is 3.95. The summed E-state index contributed by atoms with van der Waals surface area (Å²) in [6.45, 7) is 4.76. The summed E-state index contributed by atoms with van der Waals surface area (Å²) >= 11 is 0. The second-order valence-electron chi connectivity index (χ2n) is 7.69. The van der Waals surface area contributed by atoms with E-state index in [2.05, 4.69) is 86.6 Å². The Kier molecular flexibility index (Phi) is 6.84. The van der Waals surface area contributed by atoms with Crippen molar-refractivity contribution in [2.45, 2.75) is 51.0 Å². The van der Waals surface area contributed by atoms with Gasteiger partial charge in [0.25, 0.3) is 0 Å². The lowest BCUT2D eigenvalue weighted by Crippen LogP contribution is -2.08. The Morgan fingerprint density at radius 2 is 1.04 bits per heavy atom. The Hall–Kier alpha value is -2.38. The van der Waals surface area contributed by atoms with Crippen molar-refractivity contribution in [2.75, 3.05) is 0 Å². The van der Waals surface area contributed by atoms with E-state index in [1.54, 1.807) is 0 Å². The van der Waals surface area contributed by atoms with Gasteiger partial charge in [-0.3, -0.25) is 0 Å². The van der Waals surface area contributed by atoms with E-state index in [9.17, 15) is 5.11 Å². The fourth-order valence-electron chi connectivity index (χ4n) is 3.95. The number of hydrogen-bond acceptors (Lipinski definition) is 1. The van der Waals surface area contributed by atoms with Gasteiger partial charge in [-0.25, -0.2) is 0 Å². The standard InChI is InChI=1S/C26H30O/c1-20(23-9-5-3-6-10-23)17-26(25-11-7-4-8-12-25)18-21(2)24-15-13-22(19-27)14-16-24/h3-16,20-21,26-27H,17-19H2,1-2H3. The molecule has 3 atom stereocenters. The van der Waals surface area contributed by atoms with Crippen molar-refractivity contribution in [3.8, 4) is 0 Å². The maximum atomic E-state index is 9.27. The van der Waals surface area contributed by atoms with Crippen LogP contribution in [0, 0.1) is 0 Å². The average Bonchev–Trinajstić information content (AvgIpc) is 2.74. The maximum Gasteiger partial charge on any atom is 0.0681 e. The molecule has 3 unspecified atom stereocenters. The van der Waals surface area contributed by atoms with Gasteiger partial charge in [0, 0.05) is 0 Å². The quantitative estimate of drug-likeness (QED) is 0.478. The highest BCUT2D eigenvalue weighted by Gasteiger charge is 2.20. The summed E-state index contributed by atoms with van der Waals surface area (Å²) < 4.78 is 0. The molecule has 0 saturated heterocycles. The van der Waals surface area contributed by atoms with Gasteiger partial charge in [0.05, 0.1) is 6.61 Å². The van der Waals surface area contributed by atoms with Crippen LogP contribution in [-0.2, 0) is 6.61 Å². The van der Waals surface area contributed by atoms with Gasteiger partial charge in [-0.05, 0) is 52.8 Å². The van der Waals surface area contributed by atoms with Gasteiger partial charge >= 0.3 is 0 Å². The van der Waals surface area contributed by atoms with Crippen LogP contribution < -0.4 is 0 Å². The molecule has 1 N–H and O–H groups in total. The Morgan fingerprint density at radius 3 is 1.52 bits per heavy atom. The summed E-state index contributed by atoms with van der Waals surface area (Å²) in [7, 11) is 0. The normalized spacial score (nSPS) is 14.5. The SMILES string of the molecule is CC(CC(CC(C)c1ccc(CO)cc1)c1ccccc1)c1ccccc1. The van der Waals surface area contributed by atoms with Crippen LogP contribution in [0.25, 0.3) is 0 Å². The van der Waals surface area contributed by atoms with Gasteiger partial charge in [-0.15, -0.1) is 0 Å². The smallest absolute Gasteiger partial charge is 0.0681 e. The molecule has 0 radical (unpaired) electrons. The zero-order chi connectivity index (χ0) is 19.1. The molecular weight excluding hydrogens is 328 g/mol. The predicted octanol–water partition coefficient (Wildman–Crippen LogP) is 6.65. The zero-order valence-corrected chi connectivity index (χ0v) is 16.4. The minimum absolute atomic E-state index is 0.107. The third-order valence-electron chi connectivity index (χ3n) is 5.65. The van der Waals surface area contributed by atoms with Crippen LogP contribution in [0.3, 0.4) is 0 Å². The predicted molar refractivity (Wildman–Crippen MR) is 114 cm³/mol. The topological polar surface area (TPSA) is 20.2 Å². The van der Waals surface area contributed by atoms with E-state index in [1.807, 2.05) is 12.1 Å². The Morgan fingerprint density at radius 1 is 0.593 bits per heavy atom. The molecule has 0 saturated carbocycles. The summed E-state index contributed by atoms with van der Waals surface area (Å²) in [6.07, 6.45) is 2.27. The molecule has 0 aromatic heterocycles. The van der Waals surface area contributed by atoms with Gasteiger partial charge in [-0.2, -0.15) is 0 Å². The van der Waals surface area contributed by atoms with Crippen LogP contribution >= 0.6 is 0 Å². The van der Waals surface area contributed by atoms with Gasteiger partial charge in [0.2, 0.25) is 0 Å². The van der Waals surface area contributed by atoms with Gasteiger partial charge in [0.15, 0.2) is 0 Å². The van der Waals surface area contributed by atoms with Crippen molar-refractivity contribution in [3.63, 3.8) is 0 Å². The molecule has 27 heavy (non-hydrogen) atoms. The minimum atomic E-state index is 0.107. The molecule has 3 aromatic rings. The highest BCUT2D eigenvalue weighted by atomic mass is 16.3. The fraction of sp³-hybridized carbons (Fsp3) is 0.308. The molecule has 3 aromatic carbocycles. The van der Waals surface area contributed by atoms with E-state index < -0.39 is 0 Å². The number of hydrogen-bond donors (Lipinski definition) is 1. The monoisotopic (exact) mass is 358 g/mol. The molecule has 1 heteroatoms. The minimum Gasteiger partial charge on any atom is -0.392 e. The van der Waals surface area contributed by atoms with E-state index in [1.165, 1.54) is 16.7 Å². The molecule has 0 bridgehead atoms. The molecule has 0 fully saturated rings. The van der Waals surface area contributed by atoms with Crippen LogP contribution in [0.4, 0.5) is 0 Å². The van der Waals surface area contributed by atoms with E-state index >= 15 is 0 Å². The number of rotatable bonds is 8. The van der Waals surface area contributed by atoms with Crippen LogP contribution in [0.1, 0.15) is 66.7 Å². The first-order chi connectivity index (χ1) is 13.2. The van der Waals surface area contributed by atoms with Crippen molar-refractivity contribution in [3.05, 3.63) is 107 Å². The molecule has 0 heterocycles.